The first-order valence-electron chi connectivity index (χ1n) is 17.0. The van der Waals surface area contributed by atoms with Crippen molar-refractivity contribution in [3.63, 3.8) is 0 Å². The summed E-state index contributed by atoms with van der Waals surface area (Å²) in [6.07, 6.45) is 25.7. The van der Waals surface area contributed by atoms with Gasteiger partial charge in [-0.15, -0.1) is 11.3 Å². The van der Waals surface area contributed by atoms with Crippen LogP contribution < -0.4 is 10.4 Å². The summed E-state index contributed by atoms with van der Waals surface area (Å²) in [6, 6.07) is 4.66. The number of thiophene rings is 1. The number of nitrogens with zero attached hydrogens (tertiary/aromatic N) is 3. The van der Waals surface area contributed by atoms with Crippen LogP contribution in [0.4, 0.5) is 5.82 Å². The van der Waals surface area contributed by atoms with E-state index in [4.69, 9.17) is 9.27 Å². The standard InChI is InChI=1S/C35H50Br2N4OS3/c1-26(22-30-12-8-5-9-13-30)39-42-45-31-23-33(37)35(38-25-31)40-18-14-28(15-19-40)10-6-3-4-7-11-29-16-20-41(21-17-29)44-34-24-32(36)27(2)43-34/h8,12-13,23-26,28-29,39H,3-7,9-11,14-22H2,1-2H3. The van der Waals surface area contributed by atoms with Gasteiger partial charge in [0.2, 0.25) is 0 Å². The molecule has 5 nitrogen and oxygen atoms in total. The molecule has 2 aromatic rings. The summed E-state index contributed by atoms with van der Waals surface area (Å²) >= 11 is 12.6. The van der Waals surface area contributed by atoms with E-state index in [0.717, 1.165) is 59.4 Å². The molecule has 1 aliphatic carbocycles. The van der Waals surface area contributed by atoms with E-state index in [1.165, 1.54) is 108 Å². The third kappa shape index (κ3) is 11.9. The lowest BCUT2D eigenvalue weighted by Gasteiger charge is -2.33. The lowest BCUT2D eigenvalue weighted by atomic mass is 9.89. The molecule has 0 spiro atoms. The molecule has 1 atom stereocenters. The Labute approximate surface area is 301 Å². The number of allylic oxidation sites excluding steroid dienone is 3. The number of nitrogens with one attached hydrogen (secondary N) is 1. The van der Waals surface area contributed by atoms with E-state index in [1.54, 1.807) is 0 Å². The number of hydrogen-bond acceptors (Lipinski definition) is 8. The van der Waals surface area contributed by atoms with Crippen molar-refractivity contribution < 1.29 is 4.28 Å². The second kappa shape index (κ2) is 19.0. The molecule has 5 rings (SSSR count). The Bertz CT molecular complexity index is 1240. The Morgan fingerprint density at radius 3 is 2.31 bits per heavy atom. The van der Waals surface area contributed by atoms with E-state index in [9.17, 15) is 0 Å². The van der Waals surface area contributed by atoms with Crippen molar-refractivity contribution in [2.75, 3.05) is 31.1 Å². The maximum Gasteiger partial charge on any atom is 0.142 e. The molecule has 2 saturated heterocycles. The quantitative estimate of drug-likeness (QED) is 0.0785. The summed E-state index contributed by atoms with van der Waals surface area (Å²) in [5.74, 6) is 2.86. The Balaban J connectivity index is 0.893. The predicted molar refractivity (Wildman–Crippen MR) is 202 cm³/mol. The summed E-state index contributed by atoms with van der Waals surface area (Å²) in [5.41, 5.74) is 4.55. The first kappa shape index (κ1) is 36.0. The Kier molecular flexibility index (Phi) is 15.2. The lowest BCUT2D eigenvalue weighted by Crippen LogP contribution is -2.34. The molecule has 0 amide bonds. The normalized spacial score (nSPS) is 19.3. The Hall–Kier alpha value is -0.330. The summed E-state index contributed by atoms with van der Waals surface area (Å²) in [7, 11) is 0. The molecule has 0 saturated carbocycles. The minimum Gasteiger partial charge on any atom is -0.356 e. The Morgan fingerprint density at radius 2 is 1.69 bits per heavy atom. The van der Waals surface area contributed by atoms with Gasteiger partial charge in [-0.25, -0.2) is 13.6 Å². The van der Waals surface area contributed by atoms with E-state index in [2.05, 4.69) is 90.8 Å². The molecule has 248 valence electrons. The van der Waals surface area contributed by atoms with E-state index >= 15 is 0 Å². The van der Waals surface area contributed by atoms with Gasteiger partial charge in [0.1, 0.15) is 5.82 Å². The number of piperidine rings is 2. The average Bonchev–Trinajstić information content (AvgIpc) is 3.36. The molecule has 45 heavy (non-hydrogen) atoms. The highest BCUT2D eigenvalue weighted by molar-refractivity contribution is 9.11. The van der Waals surface area contributed by atoms with Crippen LogP contribution in [0.25, 0.3) is 0 Å². The van der Waals surface area contributed by atoms with E-state index in [1.807, 2.05) is 29.5 Å². The van der Waals surface area contributed by atoms with Gasteiger partial charge >= 0.3 is 0 Å². The van der Waals surface area contributed by atoms with Crippen molar-refractivity contribution in [2.24, 2.45) is 11.8 Å². The van der Waals surface area contributed by atoms with Gasteiger partial charge in [-0.05, 0) is 127 Å². The van der Waals surface area contributed by atoms with Crippen molar-refractivity contribution >= 4 is 73.0 Å². The van der Waals surface area contributed by atoms with Crippen LogP contribution in [-0.2, 0) is 4.28 Å². The number of hydroxylamine groups is 1. The molecule has 2 aliphatic heterocycles. The van der Waals surface area contributed by atoms with Gasteiger partial charge < -0.3 is 4.90 Å². The number of aryl methyl sites for hydroxylation is 1. The van der Waals surface area contributed by atoms with Crippen molar-refractivity contribution in [3.05, 3.63) is 56.0 Å². The maximum atomic E-state index is 5.73. The van der Waals surface area contributed by atoms with Gasteiger partial charge in [0.15, 0.2) is 0 Å². The molecule has 0 bridgehead atoms. The van der Waals surface area contributed by atoms with Gasteiger partial charge in [-0.1, -0.05) is 62.3 Å². The summed E-state index contributed by atoms with van der Waals surface area (Å²) in [4.78, 5) is 9.64. The van der Waals surface area contributed by atoms with Gasteiger partial charge in [-0.3, -0.25) is 0 Å². The zero-order valence-corrected chi connectivity index (χ0v) is 32.6. The number of hydrogen-bond donors (Lipinski definition) is 1. The highest BCUT2D eigenvalue weighted by atomic mass is 79.9. The van der Waals surface area contributed by atoms with Crippen LogP contribution in [0, 0.1) is 18.8 Å². The van der Waals surface area contributed by atoms with Crippen LogP contribution >= 0.6 is 67.2 Å². The zero-order chi connectivity index (χ0) is 31.4. The number of rotatable bonds is 16. The zero-order valence-electron chi connectivity index (χ0n) is 26.9. The molecule has 1 unspecified atom stereocenters. The van der Waals surface area contributed by atoms with Crippen molar-refractivity contribution in [2.45, 2.75) is 112 Å². The third-order valence-electron chi connectivity index (χ3n) is 9.31. The van der Waals surface area contributed by atoms with E-state index < -0.39 is 0 Å². The van der Waals surface area contributed by atoms with Crippen LogP contribution in [0.3, 0.4) is 0 Å². The number of pyridine rings is 1. The van der Waals surface area contributed by atoms with Gasteiger partial charge in [0, 0.05) is 47.8 Å². The summed E-state index contributed by atoms with van der Waals surface area (Å²) in [5, 5.41) is 0. The molecule has 2 aromatic heterocycles. The minimum atomic E-state index is 0.256. The first-order valence-corrected chi connectivity index (χ1v) is 20.9. The number of unbranched alkanes of at least 4 members (excludes halogenated alkanes) is 3. The molecule has 3 aliphatic rings. The second-order valence-corrected chi connectivity index (χ2v) is 18.1. The summed E-state index contributed by atoms with van der Waals surface area (Å²) < 4.78 is 12.0. The third-order valence-corrected chi connectivity index (χ3v) is 13.8. The van der Waals surface area contributed by atoms with Crippen LogP contribution in [-0.4, -0.2) is 41.5 Å². The average molecular weight is 799 g/mol. The number of anilines is 1. The molecular formula is C35H50Br2N4OS3. The number of halogens is 2. The monoisotopic (exact) mass is 796 g/mol. The first-order chi connectivity index (χ1) is 21.9. The fourth-order valence-corrected chi connectivity index (χ4v) is 11.0. The van der Waals surface area contributed by atoms with Crippen molar-refractivity contribution in [1.82, 2.24) is 14.8 Å². The smallest absolute Gasteiger partial charge is 0.142 e. The molecule has 1 N–H and O–H groups in total. The molecule has 10 heteroatoms. The van der Waals surface area contributed by atoms with E-state index in [0.29, 0.717) is 0 Å². The highest BCUT2D eigenvalue weighted by Gasteiger charge is 2.23. The van der Waals surface area contributed by atoms with Crippen LogP contribution in [0.15, 0.2) is 60.2 Å². The van der Waals surface area contributed by atoms with Crippen molar-refractivity contribution in [3.8, 4) is 0 Å². The molecule has 4 heterocycles. The molecular weight excluding hydrogens is 748 g/mol. The second-order valence-electron chi connectivity index (χ2n) is 13.0. The van der Waals surface area contributed by atoms with Crippen LogP contribution in [0.2, 0.25) is 0 Å². The molecule has 2 fully saturated rings. The highest BCUT2D eigenvalue weighted by Crippen LogP contribution is 2.38. The predicted octanol–water partition coefficient (Wildman–Crippen LogP) is 11.5. The topological polar surface area (TPSA) is 40.6 Å². The lowest BCUT2D eigenvalue weighted by molar-refractivity contribution is 0.198. The van der Waals surface area contributed by atoms with Gasteiger partial charge in [0.25, 0.3) is 0 Å². The fourth-order valence-electron chi connectivity index (χ4n) is 6.61. The van der Waals surface area contributed by atoms with Gasteiger partial charge in [-0.2, -0.15) is 5.48 Å². The SMILES string of the molecule is Cc1sc(SN2CCC(CCCCCCC3CCN(c4ncc(SONC(C)CC5=CCCC=C5)cc4Br)CC3)CC2)cc1Br. The summed E-state index contributed by atoms with van der Waals surface area (Å²) in [6.45, 7) is 9.02. The number of aromatic nitrogens is 1. The fraction of sp³-hybridized carbons (Fsp3) is 0.629. The van der Waals surface area contributed by atoms with Crippen LogP contribution in [0.5, 0.6) is 0 Å². The van der Waals surface area contributed by atoms with Crippen LogP contribution in [0.1, 0.15) is 95.3 Å². The largest absolute Gasteiger partial charge is 0.356 e. The van der Waals surface area contributed by atoms with E-state index in [-0.39, 0.29) is 6.04 Å². The minimum absolute atomic E-state index is 0.256. The molecule has 0 radical (unpaired) electrons. The Morgan fingerprint density at radius 1 is 0.978 bits per heavy atom. The molecule has 0 aromatic carbocycles. The maximum absolute atomic E-state index is 5.73. The van der Waals surface area contributed by atoms with Crippen molar-refractivity contribution in [1.29, 1.82) is 0 Å². The van der Waals surface area contributed by atoms with Gasteiger partial charge in [0.05, 0.1) is 25.6 Å².